The molecule has 0 N–H and O–H groups in total. The SMILES string of the molecule is COC(=O)c1ccc(Cl)nc1N1CCOCC1. The van der Waals surface area contributed by atoms with Crippen molar-refractivity contribution in [1.29, 1.82) is 0 Å². The number of pyridine rings is 1. The molecular formula is C11H13ClN2O3. The summed E-state index contributed by atoms with van der Waals surface area (Å²) >= 11 is 5.86. The molecule has 0 bridgehead atoms. The van der Waals surface area contributed by atoms with Gasteiger partial charge in [0.25, 0.3) is 0 Å². The normalized spacial score (nSPS) is 15.8. The molecule has 17 heavy (non-hydrogen) atoms. The van der Waals surface area contributed by atoms with Crippen molar-refractivity contribution >= 4 is 23.4 Å². The third-order valence-corrected chi connectivity index (χ3v) is 2.77. The van der Waals surface area contributed by atoms with Crippen LogP contribution in [0.4, 0.5) is 5.82 Å². The summed E-state index contributed by atoms with van der Waals surface area (Å²) in [7, 11) is 1.35. The van der Waals surface area contributed by atoms with E-state index in [0.29, 0.717) is 42.8 Å². The van der Waals surface area contributed by atoms with Gasteiger partial charge in [-0.25, -0.2) is 9.78 Å². The zero-order valence-electron chi connectivity index (χ0n) is 9.48. The van der Waals surface area contributed by atoms with Crippen LogP contribution in [0.2, 0.25) is 5.15 Å². The van der Waals surface area contributed by atoms with Gasteiger partial charge in [-0.2, -0.15) is 0 Å². The maximum absolute atomic E-state index is 11.6. The van der Waals surface area contributed by atoms with Gasteiger partial charge in [-0.05, 0) is 12.1 Å². The first kappa shape index (κ1) is 12.1. The monoisotopic (exact) mass is 256 g/mol. The van der Waals surface area contributed by atoms with Crippen LogP contribution in [0.25, 0.3) is 0 Å². The number of rotatable bonds is 2. The predicted octanol–water partition coefficient (Wildman–Crippen LogP) is 1.36. The zero-order valence-corrected chi connectivity index (χ0v) is 10.2. The molecule has 0 saturated carbocycles. The zero-order chi connectivity index (χ0) is 12.3. The minimum Gasteiger partial charge on any atom is -0.465 e. The molecular weight excluding hydrogens is 244 g/mol. The molecule has 1 aliphatic heterocycles. The Balaban J connectivity index is 2.35. The summed E-state index contributed by atoms with van der Waals surface area (Å²) < 4.78 is 9.99. The number of morpholine rings is 1. The van der Waals surface area contributed by atoms with Gasteiger partial charge in [-0.1, -0.05) is 11.6 Å². The van der Waals surface area contributed by atoms with Crippen LogP contribution in [-0.4, -0.2) is 44.4 Å². The van der Waals surface area contributed by atoms with Gasteiger partial charge in [0, 0.05) is 13.1 Å². The Morgan fingerprint density at radius 2 is 2.18 bits per heavy atom. The number of nitrogens with zero attached hydrogens (tertiary/aromatic N) is 2. The average Bonchev–Trinajstić information content (AvgIpc) is 2.39. The number of methoxy groups -OCH3 is 1. The van der Waals surface area contributed by atoms with Crippen LogP contribution in [0, 0.1) is 0 Å². The van der Waals surface area contributed by atoms with Crippen molar-refractivity contribution in [2.24, 2.45) is 0 Å². The van der Waals surface area contributed by atoms with Gasteiger partial charge in [-0.15, -0.1) is 0 Å². The topological polar surface area (TPSA) is 51.7 Å². The molecule has 0 unspecified atom stereocenters. The van der Waals surface area contributed by atoms with E-state index in [-0.39, 0.29) is 0 Å². The lowest BCUT2D eigenvalue weighted by Crippen LogP contribution is -2.37. The van der Waals surface area contributed by atoms with E-state index in [1.165, 1.54) is 7.11 Å². The van der Waals surface area contributed by atoms with Gasteiger partial charge in [0.2, 0.25) is 0 Å². The number of ether oxygens (including phenoxy) is 2. The third-order valence-electron chi connectivity index (χ3n) is 2.56. The van der Waals surface area contributed by atoms with E-state index in [1.54, 1.807) is 12.1 Å². The highest BCUT2D eigenvalue weighted by atomic mass is 35.5. The first-order valence-corrected chi connectivity index (χ1v) is 5.67. The molecule has 92 valence electrons. The van der Waals surface area contributed by atoms with E-state index in [2.05, 4.69) is 4.98 Å². The number of carbonyl (C=O) groups is 1. The van der Waals surface area contributed by atoms with Crippen LogP contribution >= 0.6 is 11.6 Å². The first-order valence-electron chi connectivity index (χ1n) is 5.30. The molecule has 0 aromatic carbocycles. The van der Waals surface area contributed by atoms with Crippen molar-refractivity contribution in [1.82, 2.24) is 4.98 Å². The number of halogens is 1. The molecule has 0 atom stereocenters. The Morgan fingerprint density at radius 1 is 1.47 bits per heavy atom. The fourth-order valence-electron chi connectivity index (χ4n) is 1.71. The molecule has 2 heterocycles. The van der Waals surface area contributed by atoms with E-state index in [1.807, 2.05) is 4.90 Å². The Bertz CT molecular complexity index is 419. The summed E-state index contributed by atoms with van der Waals surface area (Å²) in [4.78, 5) is 17.8. The van der Waals surface area contributed by atoms with Gasteiger partial charge < -0.3 is 14.4 Å². The van der Waals surface area contributed by atoms with Crippen molar-refractivity contribution in [2.45, 2.75) is 0 Å². The number of hydrogen-bond donors (Lipinski definition) is 0. The van der Waals surface area contributed by atoms with Crippen LogP contribution in [0.15, 0.2) is 12.1 Å². The molecule has 5 nitrogen and oxygen atoms in total. The largest absolute Gasteiger partial charge is 0.465 e. The Morgan fingerprint density at radius 3 is 2.82 bits per heavy atom. The number of esters is 1. The van der Waals surface area contributed by atoms with E-state index < -0.39 is 5.97 Å². The van der Waals surface area contributed by atoms with Gasteiger partial charge in [0.05, 0.1) is 20.3 Å². The number of hydrogen-bond acceptors (Lipinski definition) is 5. The molecule has 1 saturated heterocycles. The van der Waals surface area contributed by atoms with Crippen LogP contribution in [0.5, 0.6) is 0 Å². The highest BCUT2D eigenvalue weighted by Crippen LogP contribution is 2.22. The Labute approximate surface area is 104 Å². The highest BCUT2D eigenvalue weighted by Gasteiger charge is 2.21. The maximum Gasteiger partial charge on any atom is 0.341 e. The van der Waals surface area contributed by atoms with Crippen LogP contribution < -0.4 is 4.90 Å². The molecule has 0 radical (unpaired) electrons. The molecule has 1 aromatic rings. The molecule has 1 aliphatic rings. The summed E-state index contributed by atoms with van der Waals surface area (Å²) in [6, 6.07) is 3.21. The lowest BCUT2D eigenvalue weighted by Gasteiger charge is -2.28. The van der Waals surface area contributed by atoms with E-state index in [9.17, 15) is 4.79 Å². The number of aromatic nitrogens is 1. The van der Waals surface area contributed by atoms with Crippen molar-refractivity contribution in [2.75, 3.05) is 38.3 Å². The van der Waals surface area contributed by atoms with Crippen molar-refractivity contribution < 1.29 is 14.3 Å². The molecule has 1 fully saturated rings. The van der Waals surface area contributed by atoms with E-state index >= 15 is 0 Å². The van der Waals surface area contributed by atoms with Crippen LogP contribution in [-0.2, 0) is 9.47 Å². The van der Waals surface area contributed by atoms with Gasteiger partial charge >= 0.3 is 5.97 Å². The lowest BCUT2D eigenvalue weighted by molar-refractivity contribution is 0.0600. The van der Waals surface area contributed by atoms with Crippen LogP contribution in [0.3, 0.4) is 0 Å². The second-order valence-electron chi connectivity index (χ2n) is 3.60. The average molecular weight is 257 g/mol. The predicted molar refractivity (Wildman–Crippen MR) is 63.6 cm³/mol. The van der Waals surface area contributed by atoms with Crippen molar-refractivity contribution in [3.8, 4) is 0 Å². The van der Waals surface area contributed by atoms with Gasteiger partial charge in [-0.3, -0.25) is 0 Å². The smallest absolute Gasteiger partial charge is 0.341 e. The fourth-order valence-corrected chi connectivity index (χ4v) is 1.85. The standard InChI is InChI=1S/C11H13ClN2O3/c1-16-11(15)8-2-3-9(12)13-10(8)14-4-6-17-7-5-14/h2-3H,4-7H2,1H3. The fraction of sp³-hybridized carbons (Fsp3) is 0.455. The summed E-state index contributed by atoms with van der Waals surface area (Å²) in [5.74, 6) is 0.156. The second-order valence-corrected chi connectivity index (χ2v) is 3.98. The molecule has 0 amide bonds. The summed E-state index contributed by atoms with van der Waals surface area (Å²) in [6.07, 6.45) is 0. The van der Waals surface area contributed by atoms with Crippen molar-refractivity contribution in [3.63, 3.8) is 0 Å². The van der Waals surface area contributed by atoms with E-state index in [0.717, 1.165) is 0 Å². The lowest BCUT2D eigenvalue weighted by atomic mass is 10.2. The van der Waals surface area contributed by atoms with Crippen LogP contribution in [0.1, 0.15) is 10.4 Å². The molecule has 0 aliphatic carbocycles. The Hall–Kier alpha value is -1.33. The minimum atomic E-state index is -0.407. The number of anilines is 1. The van der Waals surface area contributed by atoms with E-state index in [4.69, 9.17) is 21.1 Å². The summed E-state index contributed by atoms with van der Waals surface area (Å²) in [6.45, 7) is 2.62. The molecule has 1 aromatic heterocycles. The minimum absolute atomic E-state index is 0.360. The second kappa shape index (κ2) is 5.33. The molecule has 6 heteroatoms. The third kappa shape index (κ3) is 2.68. The number of carbonyl (C=O) groups excluding carboxylic acids is 1. The quantitative estimate of drug-likeness (QED) is 0.591. The molecule has 0 spiro atoms. The summed E-state index contributed by atoms with van der Waals surface area (Å²) in [5.41, 5.74) is 0.429. The maximum atomic E-state index is 11.6. The molecule has 2 rings (SSSR count). The van der Waals surface area contributed by atoms with Gasteiger partial charge in [0.1, 0.15) is 16.5 Å². The Kier molecular flexibility index (Phi) is 3.81. The summed E-state index contributed by atoms with van der Waals surface area (Å²) in [5, 5.41) is 0.360. The van der Waals surface area contributed by atoms with Gasteiger partial charge in [0.15, 0.2) is 0 Å². The first-order chi connectivity index (χ1) is 8.22. The highest BCUT2D eigenvalue weighted by molar-refractivity contribution is 6.29. The van der Waals surface area contributed by atoms with Crippen molar-refractivity contribution in [3.05, 3.63) is 22.8 Å².